The Balaban J connectivity index is 0.00000182. The van der Waals surface area contributed by atoms with Gasteiger partial charge < -0.3 is 20.2 Å². The zero-order valence-corrected chi connectivity index (χ0v) is 16.8. The minimum absolute atomic E-state index is 0. The molecule has 8 heteroatoms. The van der Waals surface area contributed by atoms with E-state index >= 15 is 0 Å². The van der Waals surface area contributed by atoms with Crippen molar-refractivity contribution in [1.29, 1.82) is 0 Å². The minimum Gasteiger partial charge on any atom is -0.486 e. The SMILES string of the molecule is Cc1cccn2cc(COc3ccccc3C(=O)N[C@@H](C)CN)nc12.Cl.Cl. The first-order chi connectivity index (χ1) is 12.1. The zero-order valence-electron chi connectivity index (χ0n) is 15.2. The molecular formula is C19H24Cl2N4O2. The fourth-order valence-electron chi connectivity index (χ4n) is 2.57. The van der Waals surface area contributed by atoms with Crippen LogP contribution < -0.4 is 15.8 Å². The Bertz CT molecular complexity index is 898. The maximum atomic E-state index is 12.4. The summed E-state index contributed by atoms with van der Waals surface area (Å²) in [5.41, 5.74) is 8.87. The standard InChI is InChI=1S/C19H22N4O2.2ClH/c1-13-6-5-9-23-11-15(22-18(13)23)12-25-17-8-4-3-7-16(17)19(24)21-14(2)10-20;;/h3-9,11,14H,10,12,20H2,1-2H3,(H,21,24);2*1H/t14-;;/m0../s1. The van der Waals surface area contributed by atoms with E-state index in [4.69, 9.17) is 10.5 Å². The fourth-order valence-corrected chi connectivity index (χ4v) is 2.57. The fraction of sp³-hybridized carbons (Fsp3) is 0.263. The first-order valence-corrected chi connectivity index (χ1v) is 8.24. The van der Waals surface area contributed by atoms with Crippen LogP contribution in [0.5, 0.6) is 5.75 Å². The van der Waals surface area contributed by atoms with Gasteiger partial charge in [0.15, 0.2) is 0 Å². The second kappa shape index (κ2) is 10.2. The third-order valence-corrected chi connectivity index (χ3v) is 3.97. The van der Waals surface area contributed by atoms with Crippen LogP contribution in [-0.4, -0.2) is 27.9 Å². The summed E-state index contributed by atoms with van der Waals surface area (Å²) in [7, 11) is 0. The van der Waals surface area contributed by atoms with Gasteiger partial charge in [0.1, 0.15) is 18.0 Å². The molecule has 0 unspecified atom stereocenters. The lowest BCUT2D eigenvalue weighted by molar-refractivity contribution is 0.0936. The molecule has 146 valence electrons. The Morgan fingerprint density at radius 1 is 1.26 bits per heavy atom. The first kappa shape index (κ1) is 22.8. The maximum Gasteiger partial charge on any atom is 0.255 e. The van der Waals surface area contributed by atoms with E-state index in [2.05, 4.69) is 10.3 Å². The quantitative estimate of drug-likeness (QED) is 0.653. The number of aromatic nitrogens is 2. The number of carbonyl (C=O) groups excluding carboxylic acids is 1. The number of pyridine rings is 1. The van der Waals surface area contributed by atoms with Crippen molar-refractivity contribution in [1.82, 2.24) is 14.7 Å². The molecule has 2 aromatic heterocycles. The third kappa shape index (κ3) is 5.35. The molecule has 1 aromatic carbocycles. The van der Waals surface area contributed by atoms with Crippen molar-refractivity contribution >= 4 is 36.4 Å². The number of para-hydroxylation sites is 1. The van der Waals surface area contributed by atoms with Crippen LogP contribution in [0.3, 0.4) is 0 Å². The number of aryl methyl sites for hydroxylation is 1. The highest BCUT2D eigenvalue weighted by Gasteiger charge is 2.14. The smallest absolute Gasteiger partial charge is 0.255 e. The highest BCUT2D eigenvalue weighted by molar-refractivity contribution is 5.97. The molecule has 2 heterocycles. The summed E-state index contributed by atoms with van der Waals surface area (Å²) in [6.45, 7) is 4.55. The molecule has 1 atom stereocenters. The molecule has 0 bridgehead atoms. The van der Waals surface area contributed by atoms with Crippen LogP contribution in [0, 0.1) is 6.92 Å². The normalized spacial score (nSPS) is 11.2. The van der Waals surface area contributed by atoms with E-state index < -0.39 is 0 Å². The minimum atomic E-state index is -0.195. The number of amides is 1. The van der Waals surface area contributed by atoms with Crippen LogP contribution in [0.4, 0.5) is 0 Å². The van der Waals surface area contributed by atoms with Crippen LogP contribution in [0.15, 0.2) is 48.8 Å². The van der Waals surface area contributed by atoms with Gasteiger partial charge in [0.2, 0.25) is 0 Å². The van der Waals surface area contributed by atoms with Crippen LogP contribution in [-0.2, 0) is 6.61 Å². The summed E-state index contributed by atoms with van der Waals surface area (Å²) in [6.07, 6.45) is 3.88. The number of carbonyl (C=O) groups is 1. The van der Waals surface area contributed by atoms with Gasteiger partial charge >= 0.3 is 0 Å². The van der Waals surface area contributed by atoms with Crippen LogP contribution >= 0.6 is 24.8 Å². The van der Waals surface area contributed by atoms with Crippen molar-refractivity contribution in [2.45, 2.75) is 26.5 Å². The number of benzene rings is 1. The number of fused-ring (bicyclic) bond motifs is 1. The summed E-state index contributed by atoms with van der Waals surface area (Å²) >= 11 is 0. The second-order valence-electron chi connectivity index (χ2n) is 6.05. The third-order valence-electron chi connectivity index (χ3n) is 3.97. The molecule has 0 radical (unpaired) electrons. The summed E-state index contributed by atoms with van der Waals surface area (Å²) in [4.78, 5) is 16.9. The van der Waals surface area contributed by atoms with Crippen molar-refractivity contribution in [2.75, 3.05) is 6.54 Å². The zero-order chi connectivity index (χ0) is 17.8. The molecular weight excluding hydrogens is 387 g/mol. The molecule has 0 aliphatic rings. The first-order valence-electron chi connectivity index (χ1n) is 8.24. The average molecular weight is 411 g/mol. The van der Waals surface area contributed by atoms with Gasteiger partial charge in [-0.3, -0.25) is 4.79 Å². The number of nitrogens with zero attached hydrogens (tertiary/aromatic N) is 2. The highest BCUT2D eigenvalue weighted by Crippen LogP contribution is 2.20. The molecule has 0 spiro atoms. The number of imidazole rings is 1. The Morgan fingerprint density at radius 3 is 2.70 bits per heavy atom. The molecule has 0 saturated heterocycles. The number of ether oxygens (including phenoxy) is 1. The molecule has 3 aromatic rings. The molecule has 0 aliphatic heterocycles. The molecule has 6 nitrogen and oxygen atoms in total. The lowest BCUT2D eigenvalue weighted by Crippen LogP contribution is -2.37. The Morgan fingerprint density at radius 2 is 2.00 bits per heavy atom. The number of hydrogen-bond donors (Lipinski definition) is 2. The number of nitrogens with one attached hydrogen (secondary N) is 1. The van der Waals surface area contributed by atoms with E-state index in [9.17, 15) is 4.79 Å². The molecule has 3 N–H and O–H groups in total. The monoisotopic (exact) mass is 410 g/mol. The van der Waals surface area contributed by atoms with Crippen molar-refractivity contribution in [3.63, 3.8) is 0 Å². The van der Waals surface area contributed by atoms with Crippen molar-refractivity contribution < 1.29 is 9.53 Å². The van der Waals surface area contributed by atoms with Crippen LogP contribution in [0.2, 0.25) is 0 Å². The average Bonchev–Trinajstić information content (AvgIpc) is 3.04. The van der Waals surface area contributed by atoms with E-state index in [-0.39, 0.29) is 43.4 Å². The van der Waals surface area contributed by atoms with E-state index in [1.165, 1.54) is 0 Å². The van der Waals surface area contributed by atoms with Gasteiger partial charge in [-0.15, -0.1) is 24.8 Å². The molecule has 0 fully saturated rings. The number of hydrogen-bond acceptors (Lipinski definition) is 4. The number of halogens is 2. The van der Waals surface area contributed by atoms with E-state index in [0.717, 1.165) is 16.9 Å². The van der Waals surface area contributed by atoms with Gasteiger partial charge in [-0.25, -0.2) is 4.98 Å². The van der Waals surface area contributed by atoms with Gasteiger partial charge in [-0.2, -0.15) is 0 Å². The lowest BCUT2D eigenvalue weighted by atomic mass is 10.1. The van der Waals surface area contributed by atoms with Gasteiger partial charge in [-0.1, -0.05) is 18.2 Å². The summed E-state index contributed by atoms with van der Waals surface area (Å²) in [5, 5.41) is 2.85. The largest absolute Gasteiger partial charge is 0.486 e. The number of rotatable bonds is 6. The van der Waals surface area contributed by atoms with Gasteiger partial charge in [0.05, 0.1) is 11.3 Å². The van der Waals surface area contributed by atoms with E-state index in [0.29, 0.717) is 17.9 Å². The van der Waals surface area contributed by atoms with Gasteiger partial charge in [-0.05, 0) is 37.6 Å². The lowest BCUT2D eigenvalue weighted by Gasteiger charge is -2.14. The molecule has 1 amide bonds. The second-order valence-corrected chi connectivity index (χ2v) is 6.05. The molecule has 3 rings (SSSR count). The van der Waals surface area contributed by atoms with Gasteiger partial charge in [0, 0.05) is 25.0 Å². The van der Waals surface area contributed by atoms with E-state index in [1.54, 1.807) is 12.1 Å². The number of nitrogens with two attached hydrogens (primary N) is 1. The van der Waals surface area contributed by atoms with Crippen LogP contribution in [0.1, 0.15) is 28.5 Å². The Labute approximate surface area is 170 Å². The predicted molar refractivity (Wildman–Crippen MR) is 111 cm³/mol. The maximum absolute atomic E-state index is 12.4. The topological polar surface area (TPSA) is 81.7 Å². The Kier molecular flexibility index (Phi) is 8.56. The van der Waals surface area contributed by atoms with Crippen molar-refractivity contribution in [3.05, 3.63) is 65.6 Å². The predicted octanol–water partition coefficient (Wildman–Crippen LogP) is 3.14. The molecule has 0 saturated carbocycles. The summed E-state index contributed by atoms with van der Waals surface area (Å²) in [6, 6.07) is 11.1. The Hall–Kier alpha value is -2.28. The van der Waals surface area contributed by atoms with Gasteiger partial charge in [0.25, 0.3) is 5.91 Å². The molecule has 0 aliphatic carbocycles. The highest BCUT2D eigenvalue weighted by atomic mass is 35.5. The van der Waals surface area contributed by atoms with E-state index in [1.807, 2.05) is 54.9 Å². The van der Waals surface area contributed by atoms with Crippen LogP contribution in [0.25, 0.3) is 5.65 Å². The summed E-state index contributed by atoms with van der Waals surface area (Å²) < 4.78 is 7.83. The van der Waals surface area contributed by atoms with Crippen molar-refractivity contribution in [2.24, 2.45) is 5.73 Å². The van der Waals surface area contributed by atoms with Crippen molar-refractivity contribution in [3.8, 4) is 5.75 Å². The molecule has 27 heavy (non-hydrogen) atoms. The summed E-state index contributed by atoms with van der Waals surface area (Å²) in [5.74, 6) is 0.331.